The number of aromatic nitrogens is 2. The third kappa shape index (κ3) is 3.80. The maximum atomic E-state index is 13.2. The Morgan fingerprint density at radius 3 is 2.67 bits per heavy atom. The van der Waals surface area contributed by atoms with E-state index in [2.05, 4.69) is 5.32 Å². The zero-order valence-corrected chi connectivity index (χ0v) is 17.2. The molecule has 0 saturated carbocycles. The molecule has 1 aromatic heterocycles. The molecule has 156 valence electrons. The molecule has 1 amide bonds. The molecular formula is C23H25N3O4. The minimum atomic E-state index is -0.495. The van der Waals surface area contributed by atoms with E-state index in [0.717, 1.165) is 24.0 Å². The highest BCUT2D eigenvalue weighted by atomic mass is 16.5. The van der Waals surface area contributed by atoms with Gasteiger partial charge in [0.1, 0.15) is 6.54 Å². The summed E-state index contributed by atoms with van der Waals surface area (Å²) >= 11 is 0. The summed E-state index contributed by atoms with van der Waals surface area (Å²) in [6, 6.07) is 12.6. The number of fused-ring (bicyclic) bond motifs is 1. The predicted octanol–water partition coefficient (Wildman–Crippen LogP) is 2.60. The Kier molecular flexibility index (Phi) is 5.55. The van der Waals surface area contributed by atoms with Gasteiger partial charge < -0.3 is 10.1 Å². The Morgan fingerprint density at radius 2 is 1.90 bits per heavy atom. The van der Waals surface area contributed by atoms with Gasteiger partial charge in [0.15, 0.2) is 0 Å². The highest BCUT2D eigenvalue weighted by Crippen LogP contribution is 2.18. The van der Waals surface area contributed by atoms with Crippen molar-refractivity contribution in [3.8, 4) is 0 Å². The number of aryl methyl sites for hydroxylation is 1. The average Bonchev–Trinajstić information content (AvgIpc) is 3.25. The van der Waals surface area contributed by atoms with Crippen LogP contribution in [0.5, 0.6) is 0 Å². The van der Waals surface area contributed by atoms with Gasteiger partial charge in [0.25, 0.3) is 5.56 Å². The highest BCUT2D eigenvalue weighted by molar-refractivity contribution is 5.92. The van der Waals surface area contributed by atoms with E-state index in [4.69, 9.17) is 4.74 Å². The summed E-state index contributed by atoms with van der Waals surface area (Å²) in [6.07, 6.45) is 1.57. The largest absolute Gasteiger partial charge is 0.376 e. The lowest BCUT2D eigenvalue weighted by atomic mass is 10.1. The SMILES string of the molecule is Cc1cccc(NC(=O)Cn2c(=O)n(C[C@@H]3CCCO3)c(=O)c3ccccc32)c1C. The number of nitrogens with one attached hydrogen (secondary N) is 1. The second kappa shape index (κ2) is 8.28. The summed E-state index contributed by atoms with van der Waals surface area (Å²) in [5.74, 6) is -0.321. The number of carbonyl (C=O) groups excluding carboxylic acids is 1. The fraction of sp³-hybridized carbons (Fsp3) is 0.348. The summed E-state index contributed by atoms with van der Waals surface area (Å²) in [5, 5.41) is 3.30. The van der Waals surface area contributed by atoms with Crippen LogP contribution in [-0.2, 0) is 22.6 Å². The van der Waals surface area contributed by atoms with Crippen molar-refractivity contribution in [3.05, 3.63) is 74.4 Å². The molecule has 1 aliphatic heterocycles. The lowest BCUT2D eigenvalue weighted by molar-refractivity contribution is -0.116. The molecule has 7 nitrogen and oxygen atoms in total. The van der Waals surface area contributed by atoms with Gasteiger partial charge in [-0.3, -0.25) is 18.7 Å². The van der Waals surface area contributed by atoms with Crippen LogP contribution in [0.25, 0.3) is 10.9 Å². The second-order valence-corrected chi connectivity index (χ2v) is 7.73. The Bertz CT molecular complexity index is 1220. The average molecular weight is 407 g/mol. The summed E-state index contributed by atoms with van der Waals surface area (Å²) in [5.41, 5.74) is 2.37. The van der Waals surface area contributed by atoms with Crippen molar-refractivity contribution in [2.24, 2.45) is 0 Å². The molecule has 2 aromatic carbocycles. The monoisotopic (exact) mass is 407 g/mol. The highest BCUT2D eigenvalue weighted by Gasteiger charge is 2.21. The number of nitrogens with zero attached hydrogens (tertiary/aromatic N) is 2. The van der Waals surface area contributed by atoms with Crippen molar-refractivity contribution in [1.82, 2.24) is 9.13 Å². The lowest BCUT2D eigenvalue weighted by Crippen LogP contribution is -2.43. The lowest BCUT2D eigenvalue weighted by Gasteiger charge is -2.17. The Balaban J connectivity index is 1.72. The number of hydrogen-bond acceptors (Lipinski definition) is 4. The molecule has 0 spiro atoms. The minimum Gasteiger partial charge on any atom is -0.376 e. The van der Waals surface area contributed by atoms with Crippen LogP contribution in [0.2, 0.25) is 0 Å². The Morgan fingerprint density at radius 1 is 1.10 bits per heavy atom. The fourth-order valence-corrected chi connectivity index (χ4v) is 3.90. The van der Waals surface area contributed by atoms with E-state index in [1.807, 2.05) is 32.0 Å². The molecule has 0 unspecified atom stereocenters. The first-order valence-corrected chi connectivity index (χ1v) is 10.2. The van der Waals surface area contributed by atoms with Crippen LogP contribution >= 0.6 is 0 Å². The van der Waals surface area contributed by atoms with Crippen molar-refractivity contribution in [1.29, 1.82) is 0 Å². The standard InChI is InChI=1S/C23H25N3O4/c1-15-7-5-10-19(16(15)2)24-21(27)14-25-20-11-4-3-9-18(20)22(28)26(23(25)29)13-17-8-6-12-30-17/h3-5,7,9-11,17H,6,8,12-14H2,1-2H3,(H,24,27)/t17-/m0/s1. The van der Waals surface area contributed by atoms with E-state index < -0.39 is 5.69 Å². The third-order valence-corrected chi connectivity index (χ3v) is 5.72. The number of carbonyl (C=O) groups is 1. The van der Waals surface area contributed by atoms with Crippen LogP contribution in [-0.4, -0.2) is 27.8 Å². The van der Waals surface area contributed by atoms with E-state index in [9.17, 15) is 14.4 Å². The first-order chi connectivity index (χ1) is 14.5. The number of ether oxygens (including phenoxy) is 1. The van der Waals surface area contributed by atoms with Gasteiger partial charge in [-0.2, -0.15) is 0 Å². The molecule has 1 atom stereocenters. The smallest absolute Gasteiger partial charge is 0.332 e. The van der Waals surface area contributed by atoms with Gasteiger partial charge in [0, 0.05) is 12.3 Å². The molecule has 30 heavy (non-hydrogen) atoms. The second-order valence-electron chi connectivity index (χ2n) is 7.73. The third-order valence-electron chi connectivity index (χ3n) is 5.72. The number of hydrogen-bond donors (Lipinski definition) is 1. The molecule has 4 rings (SSSR count). The van der Waals surface area contributed by atoms with Gasteiger partial charge >= 0.3 is 5.69 Å². The molecule has 0 bridgehead atoms. The molecule has 0 radical (unpaired) electrons. The van der Waals surface area contributed by atoms with E-state index in [-0.39, 0.29) is 30.7 Å². The van der Waals surface area contributed by atoms with E-state index in [1.54, 1.807) is 24.3 Å². The van der Waals surface area contributed by atoms with Gasteiger partial charge in [-0.25, -0.2) is 4.79 Å². The van der Waals surface area contributed by atoms with Crippen LogP contribution in [0.1, 0.15) is 24.0 Å². The van der Waals surface area contributed by atoms with Crippen molar-refractivity contribution in [2.75, 3.05) is 11.9 Å². The quantitative estimate of drug-likeness (QED) is 0.705. The van der Waals surface area contributed by atoms with Crippen molar-refractivity contribution in [3.63, 3.8) is 0 Å². The van der Waals surface area contributed by atoms with Gasteiger partial charge in [0.05, 0.1) is 23.6 Å². The molecule has 0 aliphatic carbocycles. The number of amides is 1. The molecule has 1 aliphatic rings. The molecule has 7 heteroatoms. The Labute approximate surface area is 173 Å². The zero-order chi connectivity index (χ0) is 21.3. The van der Waals surface area contributed by atoms with Gasteiger partial charge in [-0.15, -0.1) is 0 Å². The van der Waals surface area contributed by atoms with Crippen LogP contribution in [0, 0.1) is 13.8 Å². The molecule has 2 heterocycles. The van der Waals surface area contributed by atoms with Crippen LogP contribution in [0.15, 0.2) is 52.1 Å². The van der Waals surface area contributed by atoms with Gasteiger partial charge in [0.2, 0.25) is 5.91 Å². The van der Waals surface area contributed by atoms with E-state index >= 15 is 0 Å². The van der Waals surface area contributed by atoms with Crippen molar-refractivity contribution < 1.29 is 9.53 Å². The first-order valence-electron chi connectivity index (χ1n) is 10.2. The minimum absolute atomic E-state index is 0.159. The van der Waals surface area contributed by atoms with E-state index in [0.29, 0.717) is 23.2 Å². The first kappa shape index (κ1) is 20.1. The molecular weight excluding hydrogens is 382 g/mol. The van der Waals surface area contributed by atoms with Crippen LogP contribution in [0.4, 0.5) is 5.69 Å². The number of rotatable bonds is 5. The molecule has 3 aromatic rings. The topological polar surface area (TPSA) is 82.3 Å². The molecule has 1 N–H and O–H groups in total. The molecule has 1 fully saturated rings. The van der Waals surface area contributed by atoms with Crippen LogP contribution < -0.4 is 16.6 Å². The van der Waals surface area contributed by atoms with Gasteiger partial charge in [-0.05, 0) is 56.0 Å². The summed E-state index contributed by atoms with van der Waals surface area (Å²) in [6.45, 7) is 4.57. The maximum absolute atomic E-state index is 13.2. The maximum Gasteiger partial charge on any atom is 0.332 e. The number of benzene rings is 2. The van der Waals surface area contributed by atoms with Crippen molar-refractivity contribution in [2.45, 2.75) is 45.9 Å². The Hall–Kier alpha value is -3.19. The van der Waals surface area contributed by atoms with Crippen LogP contribution in [0.3, 0.4) is 0 Å². The predicted molar refractivity (Wildman–Crippen MR) is 116 cm³/mol. The number of para-hydroxylation sites is 1. The summed E-state index contributed by atoms with van der Waals surface area (Å²) in [4.78, 5) is 38.9. The van der Waals surface area contributed by atoms with Gasteiger partial charge in [-0.1, -0.05) is 24.3 Å². The summed E-state index contributed by atoms with van der Waals surface area (Å²) in [7, 11) is 0. The van der Waals surface area contributed by atoms with Crippen molar-refractivity contribution >= 4 is 22.5 Å². The van der Waals surface area contributed by atoms with E-state index in [1.165, 1.54) is 9.13 Å². The molecule has 1 saturated heterocycles. The fourth-order valence-electron chi connectivity index (χ4n) is 3.90. The zero-order valence-electron chi connectivity index (χ0n) is 17.2. The number of anilines is 1. The summed E-state index contributed by atoms with van der Waals surface area (Å²) < 4.78 is 8.18. The normalized spacial score (nSPS) is 16.1.